The molecule has 0 radical (unpaired) electrons. The number of para-hydroxylation sites is 2. The van der Waals surface area contributed by atoms with E-state index in [1.54, 1.807) is 30.3 Å². The van der Waals surface area contributed by atoms with Crippen molar-refractivity contribution in [3.8, 4) is 0 Å². The van der Waals surface area contributed by atoms with Crippen LogP contribution < -0.4 is 0 Å². The van der Waals surface area contributed by atoms with Crippen LogP contribution >= 0.6 is 0 Å². The maximum Gasteiger partial charge on any atom is 0.331 e. The number of imidazole rings is 1. The Morgan fingerprint density at radius 3 is 2.87 bits per heavy atom. The van der Waals surface area contributed by atoms with Gasteiger partial charge >= 0.3 is 12.5 Å². The molecule has 0 aliphatic heterocycles. The van der Waals surface area contributed by atoms with E-state index in [1.165, 1.54) is 18.4 Å². The number of ether oxygens (including phenoxy) is 1. The van der Waals surface area contributed by atoms with Crippen LogP contribution in [-0.4, -0.2) is 15.5 Å². The summed E-state index contributed by atoms with van der Waals surface area (Å²) in [4.78, 5) is 15.7. The van der Waals surface area contributed by atoms with Crippen LogP contribution in [0.15, 0.2) is 53.2 Å². The van der Waals surface area contributed by atoms with E-state index in [0.717, 1.165) is 10.6 Å². The summed E-state index contributed by atoms with van der Waals surface area (Å²) < 4.78 is 37.1. The van der Waals surface area contributed by atoms with Gasteiger partial charge in [-0.3, -0.25) is 4.57 Å². The Morgan fingerprint density at radius 2 is 2.13 bits per heavy atom. The number of rotatable bonds is 5. The molecule has 1 aromatic carbocycles. The number of benzene rings is 1. The second kappa shape index (κ2) is 6.43. The van der Waals surface area contributed by atoms with Gasteiger partial charge in [0.15, 0.2) is 5.82 Å². The molecule has 0 saturated heterocycles. The maximum absolute atomic E-state index is 13.2. The Hall–Kier alpha value is -2.96. The molecule has 23 heavy (non-hydrogen) atoms. The van der Waals surface area contributed by atoms with E-state index >= 15 is 0 Å². The van der Waals surface area contributed by atoms with Crippen LogP contribution in [0, 0.1) is 0 Å². The summed E-state index contributed by atoms with van der Waals surface area (Å²) in [5.41, 5.74) is 0.713. The summed E-state index contributed by atoms with van der Waals surface area (Å²) in [6.45, 7) is -3.12. The summed E-state index contributed by atoms with van der Waals surface area (Å²) in [5.74, 6) is -0.197. The standard InChI is InChI=1S/C16H12F2N2O3/c17-16(18)20-13-6-2-1-5-12(13)19-14(20)10-23-15(21)8-7-11-4-3-9-22-11/h1-9,16H,10H2/b8-7+. The number of aromatic nitrogens is 2. The number of halogens is 2. The molecule has 0 saturated carbocycles. The zero-order valence-electron chi connectivity index (χ0n) is 11.9. The van der Waals surface area contributed by atoms with Crippen molar-refractivity contribution in [2.45, 2.75) is 13.2 Å². The topological polar surface area (TPSA) is 57.3 Å². The third kappa shape index (κ3) is 3.28. The first-order chi connectivity index (χ1) is 11.1. The quantitative estimate of drug-likeness (QED) is 0.530. The predicted octanol–water partition coefficient (Wildman–Crippen LogP) is 3.78. The average molecular weight is 318 g/mol. The van der Waals surface area contributed by atoms with Gasteiger partial charge in [0, 0.05) is 6.08 Å². The molecule has 0 fully saturated rings. The summed E-state index contributed by atoms with van der Waals surface area (Å²) in [6.07, 6.45) is 4.06. The van der Waals surface area contributed by atoms with Crippen LogP contribution in [0.25, 0.3) is 17.1 Å². The first kappa shape index (κ1) is 15.0. The average Bonchev–Trinajstić information content (AvgIpc) is 3.17. The molecule has 118 valence electrons. The van der Waals surface area contributed by atoms with Crippen molar-refractivity contribution in [3.63, 3.8) is 0 Å². The van der Waals surface area contributed by atoms with E-state index in [1.807, 2.05) is 0 Å². The van der Waals surface area contributed by atoms with Crippen LogP contribution in [-0.2, 0) is 16.1 Å². The molecule has 7 heteroatoms. The van der Waals surface area contributed by atoms with Gasteiger partial charge in [0.1, 0.15) is 12.4 Å². The minimum Gasteiger partial charge on any atom is -0.465 e. The van der Waals surface area contributed by atoms with Crippen LogP contribution in [0.3, 0.4) is 0 Å². The van der Waals surface area contributed by atoms with Gasteiger partial charge in [0.25, 0.3) is 0 Å². The number of alkyl halides is 2. The molecule has 0 unspecified atom stereocenters. The largest absolute Gasteiger partial charge is 0.465 e. The molecular weight excluding hydrogens is 306 g/mol. The number of hydrogen-bond donors (Lipinski definition) is 0. The van der Waals surface area contributed by atoms with Crippen molar-refractivity contribution in [1.82, 2.24) is 9.55 Å². The van der Waals surface area contributed by atoms with E-state index in [0.29, 0.717) is 16.8 Å². The smallest absolute Gasteiger partial charge is 0.331 e. The monoisotopic (exact) mass is 318 g/mol. The molecular formula is C16H12F2N2O3. The van der Waals surface area contributed by atoms with E-state index < -0.39 is 12.5 Å². The normalized spacial score (nSPS) is 11.6. The Labute approximate surface area is 129 Å². The molecule has 0 aliphatic rings. The van der Waals surface area contributed by atoms with E-state index in [4.69, 9.17) is 9.15 Å². The van der Waals surface area contributed by atoms with Gasteiger partial charge in [-0.1, -0.05) is 12.1 Å². The number of esters is 1. The highest BCUT2D eigenvalue weighted by Crippen LogP contribution is 2.23. The van der Waals surface area contributed by atoms with Crippen molar-refractivity contribution in [1.29, 1.82) is 0 Å². The van der Waals surface area contributed by atoms with Crippen LogP contribution in [0.2, 0.25) is 0 Å². The highest BCUT2D eigenvalue weighted by molar-refractivity contribution is 5.86. The fourth-order valence-electron chi connectivity index (χ4n) is 2.13. The minimum absolute atomic E-state index is 0.0130. The number of furan rings is 1. The summed E-state index contributed by atoms with van der Waals surface area (Å²) in [6, 6.07) is 9.85. The van der Waals surface area contributed by atoms with Crippen LogP contribution in [0.1, 0.15) is 18.1 Å². The lowest BCUT2D eigenvalue weighted by atomic mass is 10.3. The molecule has 3 aromatic rings. The van der Waals surface area contributed by atoms with Crippen LogP contribution in [0.4, 0.5) is 8.78 Å². The van der Waals surface area contributed by atoms with Gasteiger partial charge in [0.05, 0.1) is 17.3 Å². The van der Waals surface area contributed by atoms with Gasteiger partial charge in [-0.05, 0) is 30.3 Å². The lowest BCUT2D eigenvalue weighted by Gasteiger charge is -2.07. The molecule has 0 N–H and O–H groups in total. The SMILES string of the molecule is O=C(/C=C/c1ccco1)OCc1nc2ccccc2n1C(F)F. The summed E-state index contributed by atoms with van der Waals surface area (Å²) in [5, 5.41) is 0. The van der Waals surface area contributed by atoms with Gasteiger partial charge in [-0.25, -0.2) is 9.78 Å². The highest BCUT2D eigenvalue weighted by Gasteiger charge is 2.18. The second-order valence-electron chi connectivity index (χ2n) is 4.62. The zero-order chi connectivity index (χ0) is 16.2. The third-order valence-electron chi connectivity index (χ3n) is 3.13. The predicted molar refractivity (Wildman–Crippen MR) is 78.5 cm³/mol. The highest BCUT2D eigenvalue weighted by atomic mass is 19.3. The number of carbonyl (C=O) groups is 1. The molecule has 2 heterocycles. The van der Waals surface area contributed by atoms with Gasteiger partial charge in [0.2, 0.25) is 0 Å². The Bertz CT molecular complexity index is 838. The molecule has 2 aromatic heterocycles. The first-order valence-electron chi connectivity index (χ1n) is 6.77. The Morgan fingerprint density at radius 1 is 1.30 bits per heavy atom. The molecule has 0 atom stereocenters. The summed E-state index contributed by atoms with van der Waals surface area (Å²) in [7, 11) is 0. The fourth-order valence-corrected chi connectivity index (χ4v) is 2.13. The fraction of sp³-hybridized carbons (Fsp3) is 0.125. The van der Waals surface area contributed by atoms with Crippen molar-refractivity contribution in [3.05, 3.63) is 60.3 Å². The third-order valence-corrected chi connectivity index (χ3v) is 3.13. The number of hydrogen-bond acceptors (Lipinski definition) is 4. The van der Waals surface area contributed by atoms with E-state index in [9.17, 15) is 13.6 Å². The Balaban J connectivity index is 1.74. The van der Waals surface area contributed by atoms with E-state index in [-0.39, 0.29) is 12.4 Å². The van der Waals surface area contributed by atoms with Gasteiger partial charge < -0.3 is 9.15 Å². The first-order valence-corrected chi connectivity index (χ1v) is 6.77. The molecule has 5 nitrogen and oxygen atoms in total. The van der Waals surface area contributed by atoms with Crippen LogP contribution in [0.5, 0.6) is 0 Å². The van der Waals surface area contributed by atoms with Gasteiger partial charge in [-0.15, -0.1) is 0 Å². The second-order valence-corrected chi connectivity index (χ2v) is 4.62. The van der Waals surface area contributed by atoms with Gasteiger partial charge in [-0.2, -0.15) is 8.78 Å². The Kier molecular flexibility index (Phi) is 4.18. The van der Waals surface area contributed by atoms with Crippen molar-refractivity contribution >= 4 is 23.1 Å². The molecule has 0 spiro atoms. The minimum atomic E-state index is -2.77. The number of nitrogens with zero attached hydrogens (tertiary/aromatic N) is 2. The van der Waals surface area contributed by atoms with E-state index in [2.05, 4.69) is 4.98 Å². The van der Waals surface area contributed by atoms with Crippen molar-refractivity contribution in [2.24, 2.45) is 0 Å². The molecule has 0 amide bonds. The molecule has 0 bridgehead atoms. The number of carbonyl (C=O) groups excluding carboxylic acids is 1. The number of fused-ring (bicyclic) bond motifs is 1. The maximum atomic E-state index is 13.2. The zero-order valence-corrected chi connectivity index (χ0v) is 11.9. The van der Waals surface area contributed by atoms with Crippen molar-refractivity contribution in [2.75, 3.05) is 0 Å². The lowest BCUT2D eigenvalue weighted by molar-refractivity contribution is -0.139. The summed E-state index contributed by atoms with van der Waals surface area (Å²) >= 11 is 0. The molecule has 3 rings (SSSR count). The molecule has 0 aliphatic carbocycles. The lowest BCUT2D eigenvalue weighted by Crippen LogP contribution is -2.08. The van der Waals surface area contributed by atoms with Crippen molar-refractivity contribution < 1.29 is 22.7 Å².